The van der Waals surface area contributed by atoms with Crippen LogP contribution in [0.25, 0.3) is 17.0 Å². The van der Waals surface area contributed by atoms with Crippen LogP contribution < -0.4 is 10.6 Å². The maximum absolute atomic E-state index is 14.1. The minimum atomic E-state index is -1.61. The molecule has 10 heteroatoms. The van der Waals surface area contributed by atoms with Gasteiger partial charge in [-0.25, -0.2) is 19.3 Å². The van der Waals surface area contributed by atoms with Crippen molar-refractivity contribution in [2.24, 2.45) is 0 Å². The zero-order chi connectivity index (χ0) is 22.9. The SMILES string of the molecule is CC(C)(O)[C@H](F)CNC(=O)c1cnc(-n2cnc3cc(C#N)cnc32)cc1NC1CCC1. The molecule has 1 aliphatic carbocycles. The third-order valence-corrected chi connectivity index (χ3v) is 5.57. The van der Waals surface area contributed by atoms with Crippen molar-refractivity contribution in [3.8, 4) is 11.9 Å². The largest absolute Gasteiger partial charge is 0.387 e. The van der Waals surface area contributed by atoms with E-state index in [2.05, 4.69) is 25.6 Å². The third kappa shape index (κ3) is 4.38. The van der Waals surface area contributed by atoms with Crippen LogP contribution in [0.2, 0.25) is 0 Å². The number of carbonyl (C=O) groups is 1. The molecule has 1 amide bonds. The number of imidazole rings is 1. The molecule has 0 aromatic carbocycles. The maximum Gasteiger partial charge on any atom is 0.255 e. The van der Waals surface area contributed by atoms with Gasteiger partial charge in [-0.1, -0.05) is 0 Å². The molecule has 0 radical (unpaired) electrons. The Kier molecular flexibility index (Phi) is 5.76. The van der Waals surface area contributed by atoms with Crippen molar-refractivity contribution in [1.82, 2.24) is 24.8 Å². The van der Waals surface area contributed by atoms with E-state index in [0.29, 0.717) is 28.2 Å². The van der Waals surface area contributed by atoms with Crippen LogP contribution in [-0.2, 0) is 0 Å². The molecule has 1 atom stereocenters. The van der Waals surface area contributed by atoms with Crippen molar-refractivity contribution in [3.63, 3.8) is 0 Å². The molecule has 4 rings (SSSR count). The Balaban J connectivity index is 1.64. The average Bonchev–Trinajstić information content (AvgIpc) is 3.16. The monoisotopic (exact) mass is 437 g/mol. The molecular formula is C22H24FN7O2. The molecule has 1 saturated carbocycles. The van der Waals surface area contributed by atoms with Crippen molar-refractivity contribution in [1.29, 1.82) is 5.26 Å². The molecule has 0 aliphatic heterocycles. The van der Waals surface area contributed by atoms with Gasteiger partial charge in [0.15, 0.2) is 5.65 Å². The lowest BCUT2D eigenvalue weighted by molar-refractivity contribution is -0.00177. The van der Waals surface area contributed by atoms with Crippen molar-refractivity contribution in [3.05, 3.63) is 42.0 Å². The number of pyridine rings is 2. The molecule has 1 aliphatic rings. The van der Waals surface area contributed by atoms with Crippen molar-refractivity contribution in [2.75, 3.05) is 11.9 Å². The predicted octanol–water partition coefficient (Wildman–Crippen LogP) is 2.49. The molecule has 9 nitrogen and oxygen atoms in total. The van der Waals surface area contributed by atoms with Crippen LogP contribution in [0.15, 0.2) is 30.9 Å². The Morgan fingerprint density at radius 1 is 1.34 bits per heavy atom. The van der Waals surface area contributed by atoms with Crippen LogP contribution >= 0.6 is 0 Å². The molecule has 0 unspecified atom stereocenters. The van der Waals surface area contributed by atoms with Gasteiger partial charge in [-0.05, 0) is 39.2 Å². The van der Waals surface area contributed by atoms with Gasteiger partial charge in [-0.15, -0.1) is 0 Å². The summed E-state index contributed by atoms with van der Waals surface area (Å²) < 4.78 is 15.8. The van der Waals surface area contributed by atoms with E-state index < -0.39 is 17.7 Å². The molecule has 166 valence electrons. The zero-order valence-corrected chi connectivity index (χ0v) is 17.8. The summed E-state index contributed by atoms with van der Waals surface area (Å²) in [5.74, 6) is 0.0213. The number of carbonyl (C=O) groups excluding carboxylic acids is 1. The molecule has 0 bridgehead atoms. The molecule has 3 aromatic heterocycles. The topological polar surface area (TPSA) is 129 Å². The Morgan fingerprint density at radius 3 is 2.78 bits per heavy atom. The number of alkyl halides is 1. The minimum absolute atomic E-state index is 0.248. The number of rotatable bonds is 7. The van der Waals surface area contributed by atoms with Crippen LogP contribution in [0.4, 0.5) is 10.1 Å². The van der Waals surface area contributed by atoms with Gasteiger partial charge in [0.1, 0.15) is 29.9 Å². The second kappa shape index (κ2) is 8.51. The van der Waals surface area contributed by atoms with E-state index in [-0.39, 0.29) is 18.2 Å². The number of nitrogens with zero attached hydrogens (tertiary/aromatic N) is 5. The first-order valence-electron chi connectivity index (χ1n) is 10.4. The summed E-state index contributed by atoms with van der Waals surface area (Å²) in [5.41, 5.74) is 0.811. The van der Waals surface area contributed by atoms with E-state index >= 15 is 0 Å². The van der Waals surface area contributed by atoms with Gasteiger partial charge >= 0.3 is 0 Å². The summed E-state index contributed by atoms with van der Waals surface area (Å²) >= 11 is 0. The highest BCUT2D eigenvalue weighted by molar-refractivity contribution is 5.99. The van der Waals surface area contributed by atoms with Gasteiger partial charge in [0.2, 0.25) is 0 Å². The Labute approximate surface area is 184 Å². The number of amides is 1. The van der Waals surface area contributed by atoms with Gasteiger partial charge in [0.25, 0.3) is 5.91 Å². The van der Waals surface area contributed by atoms with Gasteiger partial charge in [0, 0.05) is 24.5 Å². The summed E-state index contributed by atoms with van der Waals surface area (Å²) in [5, 5.41) is 24.7. The summed E-state index contributed by atoms with van der Waals surface area (Å²) in [6.07, 6.45) is 5.95. The average molecular weight is 437 g/mol. The fourth-order valence-corrected chi connectivity index (χ4v) is 3.31. The highest BCUT2D eigenvalue weighted by Gasteiger charge is 2.28. The standard InChI is InChI=1S/C22H24FN7O2/c1-22(2,32)18(23)11-27-21(31)15-10-25-19(7-16(15)29-14-4-3-5-14)30-12-28-17-6-13(8-24)9-26-20(17)30/h6-7,9-10,12,14,18,32H,3-5,11H2,1-2H3,(H,25,29)(H,27,31)/t18-/m1/s1. The van der Waals surface area contributed by atoms with Gasteiger partial charge in [0.05, 0.1) is 29.0 Å². The fourth-order valence-electron chi connectivity index (χ4n) is 3.31. The number of fused-ring (bicyclic) bond motifs is 1. The molecule has 3 heterocycles. The van der Waals surface area contributed by atoms with E-state index in [9.17, 15) is 14.3 Å². The number of anilines is 1. The predicted molar refractivity (Wildman–Crippen MR) is 116 cm³/mol. The number of hydrogen-bond acceptors (Lipinski definition) is 7. The number of halogens is 1. The summed E-state index contributed by atoms with van der Waals surface area (Å²) in [7, 11) is 0. The van der Waals surface area contributed by atoms with Crippen LogP contribution in [0.1, 0.15) is 49.0 Å². The van der Waals surface area contributed by atoms with Gasteiger partial charge in [-0.3, -0.25) is 9.36 Å². The Hall–Kier alpha value is -3.58. The lowest BCUT2D eigenvalue weighted by atomic mass is 9.92. The number of aliphatic hydroxyl groups is 1. The molecule has 3 N–H and O–H groups in total. The second-order valence-electron chi connectivity index (χ2n) is 8.48. The molecular weight excluding hydrogens is 413 g/mol. The molecule has 0 saturated heterocycles. The zero-order valence-electron chi connectivity index (χ0n) is 17.8. The molecule has 1 fully saturated rings. The Morgan fingerprint density at radius 2 is 2.12 bits per heavy atom. The lowest BCUT2D eigenvalue weighted by Gasteiger charge is -2.28. The second-order valence-corrected chi connectivity index (χ2v) is 8.48. The normalized spacial score (nSPS) is 15.1. The summed E-state index contributed by atoms with van der Waals surface area (Å²) in [6.45, 7) is 2.39. The molecule has 32 heavy (non-hydrogen) atoms. The maximum atomic E-state index is 14.1. The smallest absolute Gasteiger partial charge is 0.255 e. The van der Waals surface area contributed by atoms with E-state index in [0.717, 1.165) is 19.3 Å². The van der Waals surface area contributed by atoms with Crippen LogP contribution in [0, 0.1) is 11.3 Å². The summed E-state index contributed by atoms with van der Waals surface area (Å²) in [6, 6.07) is 5.66. The van der Waals surface area contributed by atoms with E-state index in [4.69, 9.17) is 5.26 Å². The van der Waals surface area contributed by atoms with Crippen molar-refractivity contribution in [2.45, 2.75) is 50.9 Å². The van der Waals surface area contributed by atoms with Crippen LogP contribution in [-0.4, -0.2) is 54.9 Å². The number of aromatic nitrogens is 4. The van der Waals surface area contributed by atoms with E-state index in [1.165, 1.54) is 26.2 Å². The fraction of sp³-hybridized carbons (Fsp3) is 0.409. The summed E-state index contributed by atoms with van der Waals surface area (Å²) in [4.78, 5) is 25.8. The number of nitriles is 1. The van der Waals surface area contributed by atoms with Crippen LogP contribution in [0.5, 0.6) is 0 Å². The van der Waals surface area contributed by atoms with Crippen LogP contribution in [0.3, 0.4) is 0 Å². The highest BCUT2D eigenvalue weighted by atomic mass is 19.1. The third-order valence-electron chi connectivity index (χ3n) is 5.57. The highest BCUT2D eigenvalue weighted by Crippen LogP contribution is 2.27. The van der Waals surface area contributed by atoms with Crippen molar-refractivity contribution >= 4 is 22.8 Å². The quantitative estimate of drug-likeness (QED) is 0.518. The number of hydrogen-bond donors (Lipinski definition) is 3. The van der Waals surface area contributed by atoms with Crippen molar-refractivity contribution < 1.29 is 14.3 Å². The number of nitrogens with one attached hydrogen (secondary N) is 2. The Bertz CT molecular complexity index is 1190. The first-order valence-corrected chi connectivity index (χ1v) is 10.4. The first kappa shape index (κ1) is 21.6. The molecule has 0 spiro atoms. The van der Waals surface area contributed by atoms with E-state index in [1.54, 1.807) is 23.0 Å². The lowest BCUT2D eigenvalue weighted by Crippen LogP contribution is -2.42. The minimum Gasteiger partial charge on any atom is -0.387 e. The van der Waals surface area contributed by atoms with Gasteiger partial charge in [-0.2, -0.15) is 5.26 Å². The first-order chi connectivity index (χ1) is 15.3. The van der Waals surface area contributed by atoms with Gasteiger partial charge < -0.3 is 15.7 Å². The molecule has 3 aromatic rings. The van der Waals surface area contributed by atoms with E-state index in [1.807, 2.05) is 6.07 Å².